The van der Waals surface area contributed by atoms with Gasteiger partial charge in [0.05, 0.1) is 12.4 Å². The number of nitrogens with zero attached hydrogens (tertiary/aromatic N) is 4. The van der Waals surface area contributed by atoms with Crippen LogP contribution in [-0.2, 0) is 0 Å². The fourth-order valence-electron chi connectivity index (χ4n) is 1.38. The molecule has 0 saturated heterocycles. The van der Waals surface area contributed by atoms with E-state index in [1.165, 1.54) is 0 Å². The predicted molar refractivity (Wildman–Crippen MR) is 61.0 cm³/mol. The lowest BCUT2D eigenvalue weighted by molar-refractivity contribution is 0.466. The lowest BCUT2D eigenvalue weighted by Crippen LogP contribution is -1.92. The summed E-state index contributed by atoms with van der Waals surface area (Å²) in [4.78, 5) is 11.9. The van der Waals surface area contributed by atoms with E-state index in [4.69, 9.17) is 16.3 Å². The minimum Gasteiger partial charge on any atom is -0.436 e. The van der Waals surface area contributed by atoms with Gasteiger partial charge < -0.3 is 4.74 Å². The standard InChI is InChI=1S/C10H6ClN5O/c11-10-14-8-7(5-13-16-8)9(15-10)17-6-2-1-3-12-4-6/h1-5H,(H,13,14,15,16). The number of aromatic amines is 1. The minimum absolute atomic E-state index is 0.0978. The number of ether oxygens (including phenoxy) is 1. The molecule has 1 N–H and O–H groups in total. The molecule has 0 spiro atoms. The summed E-state index contributed by atoms with van der Waals surface area (Å²) in [5.41, 5.74) is 0.531. The zero-order valence-electron chi connectivity index (χ0n) is 8.46. The highest BCUT2D eigenvalue weighted by Crippen LogP contribution is 2.26. The zero-order chi connectivity index (χ0) is 11.7. The van der Waals surface area contributed by atoms with E-state index in [9.17, 15) is 0 Å². The van der Waals surface area contributed by atoms with Crippen LogP contribution in [0.15, 0.2) is 30.7 Å². The molecule has 6 nitrogen and oxygen atoms in total. The number of aromatic nitrogens is 5. The van der Waals surface area contributed by atoms with Crippen LogP contribution >= 0.6 is 11.6 Å². The number of hydrogen-bond donors (Lipinski definition) is 1. The van der Waals surface area contributed by atoms with Gasteiger partial charge >= 0.3 is 0 Å². The van der Waals surface area contributed by atoms with Crippen molar-refractivity contribution in [2.24, 2.45) is 0 Å². The quantitative estimate of drug-likeness (QED) is 0.703. The van der Waals surface area contributed by atoms with Gasteiger partial charge in [-0.2, -0.15) is 15.1 Å². The van der Waals surface area contributed by atoms with Gasteiger partial charge in [0.2, 0.25) is 11.2 Å². The molecule has 3 aromatic rings. The van der Waals surface area contributed by atoms with Crippen LogP contribution in [0.5, 0.6) is 11.6 Å². The zero-order valence-corrected chi connectivity index (χ0v) is 9.22. The molecule has 0 aliphatic rings. The predicted octanol–water partition coefficient (Wildman–Crippen LogP) is 2.19. The second-order valence-corrected chi connectivity index (χ2v) is 3.56. The maximum atomic E-state index is 5.78. The van der Waals surface area contributed by atoms with E-state index in [2.05, 4.69) is 25.1 Å². The molecule has 7 heteroatoms. The Hall–Kier alpha value is -2.21. The highest BCUT2D eigenvalue weighted by molar-refractivity contribution is 6.28. The number of fused-ring (bicyclic) bond motifs is 1. The molecule has 0 amide bonds. The van der Waals surface area contributed by atoms with Crippen LogP contribution in [0, 0.1) is 0 Å². The normalized spacial score (nSPS) is 10.6. The topological polar surface area (TPSA) is 76.6 Å². The average molecular weight is 248 g/mol. The van der Waals surface area contributed by atoms with Crippen molar-refractivity contribution in [2.45, 2.75) is 0 Å². The summed E-state index contributed by atoms with van der Waals surface area (Å²) in [5.74, 6) is 0.923. The fourth-order valence-corrected chi connectivity index (χ4v) is 1.54. The van der Waals surface area contributed by atoms with E-state index < -0.39 is 0 Å². The molecule has 3 heterocycles. The monoisotopic (exact) mass is 247 g/mol. The van der Waals surface area contributed by atoms with E-state index >= 15 is 0 Å². The van der Waals surface area contributed by atoms with Crippen LogP contribution in [0.4, 0.5) is 0 Å². The molecule has 0 saturated carbocycles. The largest absolute Gasteiger partial charge is 0.436 e. The van der Waals surface area contributed by atoms with Crippen LogP contribution in [0.2, 0.25) is 5.28 Å². The molecular formula is C10H6ClN5O. The minimum atomic E-state index is 0.0978. The number of nitrogens with one attached hydrogen (secondary N) is 1. The summed E-state index contributed by atoms with van der Waals surface area (Å²) < 4.78 is 5.57. The average Bonchev–Trinajstić information content (AvgIpc) is 2.78. The SMILES string of the molecule is Clc1nc(Oc2cccnc2)c2cn[nH]c2n1. The Morgan fingerprint density at radius 2 is 2.18 bits per heavy atom. The van der Waals surface area contributed by atoms with Gasteiger partial charge in [-0.3, -0.25) is 10.1 Å². The van der Waals surface area contributed by atoms with Gasteiger partial charge in [-0.1, -0.05) is 0 Å². The molecule has 0 bridgehead atoms. The van der Waals surface area contributed by atoms with Crippen LogP contribution in [0.1, 0.15) is 0 Å². The number of pyridine rings is 1. The first-order chi connectivity index (χ1) is 8.33. The maximum absolute atomic E-state index is 5.78. The van der Waals surface area contributed by atoms with E-state index in [-0.39, 0.29) is 5.28 Å². The van der Waals surface area contributed by atoms with Crippen LogP contribution < -0.4 is 4.74 Å². The molecular weight excluding hydrogens is 242 g/mol. The Morgan fingerprint density at radius 1 is 1.24 bits per heavy atom. The molecule has 0 fully saturated rings. The van der Waals surface area contributed by atoms with Gasteiger partial charge in [-0.15, -0.1) is 0 Å². The lowest BCUT2D eigenvalue weighted by atomic mass is 10.4. The Balaban J connectivity index is 2.08. The molecule has 0 aliphatic carbocycles. The summed E-state index contributed by atoms with van der Waals surface area (Å²) in [6, 6.07) is 3.54. The summed E-state index contributed by atoms with van der Waals surface area (Å²) in [5, 5.41) is 7.33. The Labute approximate surface area is 101 Å². The number of H-pyrrole nitrogens is 1. The second kappa shape index (κ2) is 3.99. The highest BCUT2D eigenvalue weighted by atomic mass is 35.5. The van der Waals surface area contributed by atoms with Crippen LogP contribution in [0.3, 0.4) is 0 Å². The summed E-state index contributed by atoms with van der Waals surface area (Å²) in [6.07, 6.45) is 4.83. The van der Waals surface area contributed by atoms with Gasteiger partial charge in [0, 0.05) is 6.20 Å². The molecule has 17 heavy (non-hydrogen) atoms. The van der Waals surface area contributed by atoms with Gasteiger partial charge in [0.15, 0.2) is 5.65 Å². The molecule has 3 aromatic heterocycles. The van der Waals surface area contributed by atoms with Gasteiger partial charge in [-0.05, 0) is 23.7 Å². The first kappa shape index (κ1) is 9.98. The third kappa shape index (κ3) is 1.90. The number of hydrogen-bond acceptors (Lipinski definition) is 5. The number of rotatable bonds is 2. The van der Waals surface area contributed by atoms with Crippen molar-refractivity contribution in [3.05, 3.63) is 36.0 Å². The van der Waals surface area contributed by atoms with Gasteiger partial charge in [0.1, 0.15) is 11.1 Å². The molecule has 0 radical (unpaired) electrons. The van der Waals surface area contributed by atoms with E-state index in [0.717, 1.165) is 0 Å². The second-order valence-electron chi connectivity index (χ2n) is 3.22. The van der Waals surface area contributed by atoms with Crippen molar-refractivity contribution in [3.8, 4) is 11.6 Å². The maximum Gasteiger partial charge on any atom is 0.234 e. The fraction of sp³-hybridized carbons (Fsp3) is 0. The van der Waals surface area contributed by atoms with Crippen LogP contribution in [-0.4, -0.2) is 25.1 Å². The van der Waals surface area contributed by atoms with Crippen molar-refractivity contribution in [3.63, 3.8) is 0 Å². The first-order valence-electron chi connectivity index (χ1n) is 4.77. The Kier molecular flexibility index (Phi) is 2.34. The van der Waals surface area contributed by atoms with E-state index in [1.807, 2.05) is 0 Å². The van der Waals surface area contributed by atoms with Crippen LogP contribution in [0.25, 0.3) is 11.0 Å². The van der Waals surface area contributed by atoms with Gasteiger partial charge in [0.25, 0.3) is 0 Å². The van der Waals surface area contributed by atoms with Crippen molar-refractivity contribution in [1.29, 1.82) is 0 Å². The summed E-state index contributed by atoms with van der Waals surface area (Å²) in [7, 11) is 0. The molecule has 84 valence electrons. The molecule has 0 aromatic carbocycles. The Bertz CT molecular complexity index is 654. The lowest BCUT2D eigenvalue weighted by Gasteiger charge is -2.04. The molecule has 0 atom stereocenters. The van der Waals surface area contributed by atoms with Crippen molar-refractivity contribution >= 4 is 22.6 Å². The first-order valence-corrected chi connectivity index (χ1v) is 5.15. The van der Waals surface area contributed by atoms with E-state index in [0.29, 0.717) is 22.7 Å². The molecule has 3 rings (SSSR count). The Morgan fingerprint density at radius 3 is 3.00 bits per heavy atom. The summed E-state index contributed by atoms with van der Waals surface area (Å²) >= 11 is 5.78. The third-order valence-corrected chi connectivity index (χ3v) is 2.27. The van der Waals surface area contributed by atoms with Crippen molar-refractivity contribution < 1.29 is 4.74 Å². The van der Waals surface area contributed by atoms with Crippen molar-refractivity contribution in [2.75, 3.05) is 0 Å². The smallest absolute Gasteiger partial charge is 0.234 e. The van der Waals surface area contributed by atoms with Gasteiger partial charge in [-0.25, -0.2) is 0 Å². The molecule has 0 unspecified atom stereocenters. The van der Waals surface area contributed by atoms with E-state index in [1.54, 1.807) is 30.7 Å². The highest BCUT2D eigenvalue weighted by Gasteiger charge is 2.10. The van der Waals surface area contributed by atoms with Crippen molar-refractivity contribution in [1.82, 2.24) is 25.1 Å². The molecule has 0 aliphatic heterocycles. The third-order valence-electron chi connectivity index (χ3n) is 2.10. The number of halogens is 1. The summed E-state index contributed by atoms with van der Waals surface area (Å²) in [6.45, 7) is 0.